The number of hydrogen-bond acceptors (Lipinski definition) is 12. The third-order valence-electron chi connectivity index (χ3n) is 0. The van der Waals surface area contributed by atoms with Crippen molar-refractivity contribution in [2.45, 2.75) is 0 Å². The molecule has 0 aliphatic heterocycles. The van der Waals surface area contributed by atoms with E-state index >= 15 is 0 Å². The van der Waals surface area contributed by atoms with Gasteiger partial charge in [0, 0.05) is 0 Å². The zero-order valence-electron chi connectivity index (χ0n) is 11.4. The summed E-state index contributed by atoms with van der Waals surface area (Å²) in [5.41, 5.74) is 0. The fourth-order valence-electron chi connectivity index (χ4n) is 0. The second-order valence-corrected chi connectivity index (χ2v) is 5.35. The van der Waals surface area contributed by atoms with Crippen LogP contribution in [-0.2, 0) is 25.8 Å². The van der Waals surface area contributed by atoms with Crippen molar-refractivity contribution < 1.29 is 172 Å². The molecule has 0 aliphatic carbocycles. The average Bonchev–Trinajstić information content (AvgIpc) is 1.66. The minimum absolute atomic E-state index is 0. The van der Waals surface area contributed by atoms with E-state index in [9.17, 15) is 0 Å². The van der Waals surface area contributed by atoms with E-state index in [-0.39, 0.29) is 88.7 Å². The second kappa shape index (κ2) is 22.2. The quantitative estimate of drug-likeness (QED) is 0.125. The number of rotatable bonds is 0. The van der Waals surface area contributed by atoms with Gasteiger partial charge in [-0.05, 0) is 0 Å². The topological polar surface area (TPSA) is 302 Å². The van der Waals surface area contributed by atoms with Crippen molar-refractivity contribution in [1.82, 2.24) is 0 Å². The Morgan fingerprint density at radius 3 is 0.864 bits per heavy atom. The molecule has 0 aliphatic rings. The monoisotopic (exact) mass is 440 g/mol. The predicted molar refractivity (Wildman–Crippen MR) is 40.5 cm³/mol. The van der Waals surface area contributed by atoms with Gasteiger partial charge in [0.25, 0.3) is 0 Å². The summed E-state index contributed by atoms with van der Waals surface area (Å²) in [6.07, 6.45) is 0. The van der Waals surface area contributed by atoms with Crippen LogP contribution in [0.15, 0.2) is 0 Å². The van der Waals surface area contributed by atoms with Gasteiger partial charge in [0.2, 0.25) is 0 Å². The molecule has 0 aromatic rings. The Labute approximate surface area is 193 Å². The molecule has 0 saturated heterocycles. The molecule has 0 fully saturated rings. The fraction of sp³-hybridized carbons (Fsp3) is 0. The Kier molecular flexibility index (Phi) is 45.0. The zero-order chi connectivity index (χ0) is 17.1. The van der Waals surface area contributed by atoms with Gasteiger partial charge in [-0.3, -0.25) is 0 Å². The van der Waals surface area contributed by atoms with E-state index in [0.29, 0.717) is 0 Å². The summed E-state index contributed by atoms with van der Waals surface area (Å²) in [6, 6.07) is 0. The van der Waals surface area contributed by atoms with Gasteiger partial charge in [-0.2, -0.15) is 0 Å². The van der Waals surface area contributed by atoms with Gasteiger partial charge in [-0.1, -0.05) is 0 Å². The van der Waals surface area contributed by atoms with Gasteiger partial charge in [0.1, 0.15) is 0 Å². The van der Waals surface area contributed by atoms with Crippen LogP contribution in [0, 0.1) is 0 Å². The van der Waals surface area contributed by atoms with Crippen LogP contribution in [-0.4, -0.2) is 60.3 Å². The molecule has 0 bridgehead atoms. The van der Waals surface area contributed by atoms with Crippen molar-refractivity contribution in [2.24, 2.45) is 0 Å². The van der Waals surface area contributed by atoms with Gasteiger partial charge in [-0.25, -0.2) is 4.57 Å². The molecule has 22 heteroatoms. The van der Waals surface area contributed by atoms with Crippen LogP contribution in [0.4, 0.5) is 0 Å². The minimum atomic E-state index is -5.75. The fourth-order valence-corrected chi connectivity index (χ4v) is 0. The Morgan fingerprint density at radius 2 is 0.864 bits per heavy atom. The molecule has 22 heavy (non-hydrogen) atoms. The molecule has 0 spiro atoms. The number of hydrogen-bond donors (Lipinski definition) is 9. The Morgan fingerprint density at radius 1 is 0.864 bits per heavy atom. The predicted octanol–water partition coefficient (Wildman–Crippen LogP) is -17.8. The molecule has 0 atom stereocenters. The van der Waals surface area contributed by atoms with E-state index < -0.39 is 37.8 Å². The Hall–Kier alpha value is 3.16. The van der Waals surface area contributed by atoms with Gasteiger partial charge in [0.05, 0.1) is 0 Å². The van der Waals surface area contributed by atoms with Gasteiger partial charge in [-0.15, -0.1) is 0 Å². The van der Waals surface area contributed by atoms with Crippen LogP contribution in [0.1, 0.15) is 0 Å². The Bertz CT molecular complexity index is 306. The molecule has 0 radical (unpaired) electrons. The SMILES string of the molecule is O=P(O)(O)O.O[Si](O)(O)O.[Na+].[Na+].[Na+].[O-]B(O)O.[O]=[Cr](=[O])([O-])[O-]. The normalized spacial score (nSPS) is 9.27. The first-order valence-electron chi connectivity index (χ1n) is 3.10. The van der Waals surface area contributed by atoms with E-state index in [0.717, 1.165) is 0 Å². The van der Waals surface area contributed by atoms with Gasteiger partial charge < -0.3 is 48.9 Å². The molecule has 0 unspecified atom stereocenters. The molecule has 15 nitrogen and oxygen atoms in total. The average molecular weight is 440 g/mol. The molecule has 0 amide bonds. The summed E-state index contributed by atoms with van der Waals surface area (Å²) in [5.74, 6) is 0. The Balaban J connectivity index is -0.0000000262. The van der Waals surface area contributed by atoms with Crippen molar-refractivity contribution in [3.8, 4) is 0 Å². The van der Waals surface area contributed by atoms with Crippen molar-refractivity contribution in [1.29, 1.82) is 0 Å². The summed E-state index contributed by atoms with van der Waals surface area (Å²) in [7, 11) is -11.7. The number of phosphoric acid groups is 1. The summed E-state index contributed by atoms with van der Waals surface area (Å²) < 4.78 is 43.3. The standard InChI is InChI=1S/BH2O3.Cr.3Na.H3O4P.H4O4Si.4O/c2-1(3)4;;;;;2*1-5(2,3)4;;;;/h2-3H;;;;;(H3,1,2,3,4);1-4H;;;;/q-1;;3*+1;;;;;2*-1. The summed E-state index contributed by atoms with van der Waals surface area (Å²) in [5, 5.41) is 22.8. The van der Waals surface area contributed by atoms with Crippen molar-refractivity contribution in [3.05, 3.63) is 0 Å². The van der Waals surface area contributed by atoms with Crippen LogP contribution in [0.5, 0.6) is 0 Å². The van der Waals surface area contributed by atoms with Crippen molar-refractivity contribution in [3.63, 3.8) is 0 Å². The zero-order valence-corrected chi connectivity index (χ0v) is 20.6. The molecule has 0 rings (SSSR count). The summed E-state index contributed by atoms with van der Waals surface area (Å²) in [4.78, 5) is 50.9. The molecular formula is H9BCrNa3O15PSi. The van der Waals surface area contributed by atoms with Crippen LogP contribution in [0.3, 0.4) is 0 Å². The van der Waals surface area contributed by atoms with Gasteiger partial charge in [0.15, 0.2) is 0 Å². The molecule has 120 valence electrons. The van der Waals surface area contributed by atoms with E-state index in [1.165, 1.54) is 0 Å². The van der Waals surface area contributed by atoms with E-state index in [2.05, 4.69) is 0 Å². The molecular weight excluding hydrogens is 431 g/mol. The van der Waals surface area contributed by atoms with Crippen LogP contribution in [0.25, 0.3) is 0 Å². The first-order chi connectivity index (χ1) is 7.73. The molecule has 0 saturated carbocycles. The third-order valence-corrected chi connectivity index (χ3v) is 0. The van der Waals surface area contributed by atoms with Crippen molar-refractivity contribution >= 4 is 24.2 Å². The maximum atomic E-state index is 8.88. The van der Waals surface area contributed by atoms with E-state index in [4.69, 9.17) is 69.4 Å². The van der Waals surface area contributed by atoms with E-state index in [1.54, 1.807) is 0 Å². The molecule has 0 heterocycles. The van der Waals surface area contributed by atoms with E-state index in [1.807, 2.05) is 0 Å². The van der Waals surface area contributed by atoms with Crippen LogP contribution < -0.4 is 102 Å². The van der Waals surface area contributed by atoms with Crippen LogP contribution in [0.2, 0.25) is 0 Å². The maximum absolute atomic E-state index is 8.88. The van der Waals surface area contributed by atoms with Crippen molar-refractivity contribution in [2.75, 3.05) is 0 Å². The third kappa shape index (κ3) is 1140. The second-order valence-electron chi connectivity index (χ2n) is 1.85. The molecule has 9 N–H and O–H groups in total. The summed E-state index contributed by atoms with van der Waals surface area (Å²) >= 11 is -5.75. The first kappa shape index (κ1) is 44.5. The summed E-state index contributed by atoms with van der Waals surface area (Å²) in [6.45, 7) is 0. The first-order valence-corrected chi connectivity index (χ1v) is 8.53. The molecule has 0 aromatic heterocycles. The molecule has 0 aromatic carbocycles. The van der Waals surface area contributed by atoms with Crippen LogP contribution >= 0.6 is 7.82 Å². The van der Waals surface area contributed by atoms with Gasteiger partial charge >= 0.3 is 142 Å².